The summed E-state index contributed by atoms with van der Waals surface area (Å²) in [5.74, 6) is -2.32. The van der Waals surface area contributed by atoms with Gasteiger partial charge in [-0.05, 0) is 49.8 Å². The van der Waals surface area contributed by atoms with Crippen LogP contribution in [-0.4, -0.2) is 22.9 Å². The molecule has 2 heterocycles. The van der Waals surface area contributed by atoms with Crippen LogP contribution < -0.4 is 10.6 Å². The van der Waals surface area contributed by atoms with Crippen molar-refractivity contribution in [3.8, 4) is 0 Å². The molecule has 0 aromatic carbocycles. The van der Waals surface area contributed by atoms with Crippen molar-refractivity contribution in [3.05, 3.63) is 52.3 Å². The number of thiophene rings is 1. The minimum absolute atomic E-state index is 0.255. The highest BCUT2D eigenvalue weighted by atomic mass is 32.1. The maximum absolute atomic E-state index is 12.9. The van der Waals surface area contributed by atoms with Gasteiger partial charge in [-0.3, -0.25) is 14.4 Å². The van der Waals surface area contributed by atoms with E-state index in [0.717, 1.165) is 29.7 Å². The van der Waals surface area contributed by atoms with E-state index in [9.17, 15) is 19.5 Å². The summed E-state index contributed by atoms with van der Waals surface area (Å²) in [7, 11) is 0. The molecule has 0 fully saturated rings. The molecule has 0 saturated carbocycles. The third-order valence-corrected chi connectivity index (χ3v) is 6.68. The highest BCUT2D eigenvalue weighted by Gasteiger charge is 2.35. The molecule has 4 rings (SSSR count). The van der Waals surface area contributed by atoms with Gasteiger partial charge in [0.05, 0.1) is 30.2 Å². The Morgan fingerprint density at radius 1 is 1.17 bits per heavy atom. The number of carbonyl (C=O) groups is 3. The van der Waals surface area contributed by atoms with Crippen LogP contribution in [0.3, 0.4) is 0 Å². The summed E-state index contributed by atoms with van der Waals surface area (Å²) in [4.78, 5) is 38.4. The van der Waals surface area contributed by atoms with E-state index in [1.165, 1.54) is 11.3 Å². The van der Waals surface area contributed by atoms with Gasteiger partial charge in [0.25, 0.3) is 5.91 Å². The van der Waals surface area contributed by atoms with Crippen molar-refractivity contribution in [2.45, 2.75) is 38.6 Å². The van der Waals surface area contributed by atoms with Crippen molar-refractivity contribution < 1.29 is 23.9 Å². The van der Waals surface area contributed by atoms with Crippen molar-refractivity contribution in [2.24, 2.45) is 11.8 Å². The topological polar surface area (TPSA) is 109 Å². The molecule has 0 bridgehead atoms. The zero-order chi connectivity index (χ0) is 20.4. The number of allylic oxidation sites excluding steroid dienone is 2. The number of hydrogen-bond acceptors (Lipinski definition) is 5. The standard InChI is InChI=1S/C21H22N2O5S/c24-18(13-6-1-2-7-14(13)21(26)27)23-20-17(15-8-3-9-16(15)29-20)19(25)22-11-12-5-4-10-28-12/h1-2,4-5,10,13-14H,3,6-9,11H2,(H,22,25)(H,23,24)(H,26,27)/t13-,14-/m1/s1. The first-order valence-corrected chi connectivity index (χ1v) is 10.5. The van der Waals surface area contributed by atoms with Gasteiger partial charge in [0.1, 0.15) is 10.8 Å². The number of anilines is 1. The second-order valence-corrected chi connectivity index (χ2v) is 8.41. The Hall–Kier alpha value is -2.87. The first-order valence-electron chi connectivity index (χ1n) is 9.68. The van der Waals surface area contributed by atoms with Crippen LogP contribution in [0.25, 0.3) is 0 Å². The number of nitrogens with one attached hydrogen (secondary N) is 2. The summed E-state index contributed by atoms with van der Waals surface area (Å²) in [6.07, 6.45) is 8.59. The third kappa shape index (κ3) is 3.98. The molecule has 0 radical (unpaired) electrons. The monoisotopic (exact) mass is 414 g/mol. The Kier molecular flexibility index (Phi) is 5.53. The van der Waals surface area contributed by atoms with Crippen LogP contribution in [-0.2, 0) is 29.0 Å². The molecule has 2 aromatic heterocycles. The van der Waals surface area contributed by atoms with Crippen LogP contribution in [0.4, 0.5) is 5.00 Å². The molecule has 29 heavy (non-hydrogen) atoms. The molecule has 2 aromatic rings. The number of carbonyl (C=O) groups excluding carboxylic acids is 2. The summed E-state index contributed by atoms with van der Waals surface area (Å²) >= 11 is 1.42. The van der Waals surface area contributed by atoms with Crippen LogP contribution in [0.1, 0.15) is 45.8 Å². The van der Waals surface area contributed by atoms with E-state index in [1.807, 2.05) is 6.08 Å². The molecule has 0 spiro atoms. The number of aryl methyl sites for hydroxylation is 1. The van der Waals surface area contributed by atoms with Crippen LogP contribution in [0.15, 0.2) is 35.0 Å². The maximum atomic E-state index is 12.9. The van der Waals surface area contributed by atoms with Gasteiger partial charge >= 0.3 is 5.97 Å². The fourth-order valence-electron chi connectivity index (χ4n) is 3.98. The molecule has 152 valence electrons. The molecule has 0 saturated heterocycles. The van der Waals surface area contributed by atoms with Gasteiger partial charge in [-0.15, -0.1) is 11.3 Å². The lowest BCUT2D eigenvalue weighted by Crippen LogP contribution is -2.35. The van der Waals surface area contributed by atoms with Crippen molar-refractivity contribution in [3.63, 3.8) is 0 Å². The van der Waals surface area contributed by atoms with Crippen LogP contribution >= 0.6 is 11.3 Å². The average Bonchev–Trinajstić information content (AvgIpc) is 3.43. The first kappa shape index (κ1) is 19.4. The lowest BCUT2D eigenvalue weighted by Gasteiger charge is -2.24. The number of amides is 2. The molecular formula is C21H22N2O5S. The molecule has 7 nitrogen and oxygen atoms in total. The van der Waals surface area contributed by atoms with E-state index in [1.54, 1.807) is 24.5 Å². The quantitative estimate of drug-likeness (QED) is 0.628. The Bertz CT molecular complexity index is 960. The van der Waals surface area contributed by atoms with E-state index in [-0.39, 0.29) is 18.4 Å². The summed E-state index contributed by atoms with van der Waals surface area (Å²) < 4.78 is 5.26. The molecule has 0 unspecified atom stereocenters. The van der Waals surface area contributed by atoms with Gasteiger partial charge < -0.3 is 20.2 Å². The van der Waals surface area contributed by atoms with Gasteiger partial charge in [0.15, 0.2) is 0 Å². The normalized spacial score (nSPS) is 20.3. The lowest BCUT2D eigenvalue weighted by molar-refractivity contribution is -0.146. The molecule has 0 aliphatic heterocycles. The summed E-state index contributed by atoms with van der Waals surface area (Å²) in [6.45, 7) is 0.262. The van der Waals surface area contributed by atoms with Crippen LogP contribution in [0, 0.1) is 11.8 Å². The molecular weight excluding hydrogens is 392 g/mol. The molecule has 8 heteroatoms. The SMILES string of the molecule is O=C(NCc1ccco1)c1c(NC(=O)[C@@H]2CC=CC[C@H]2C(=O)O)sc2c1CCC2. The van der Waals surface area contributed by atoms with Crippen molar-refractivity contribution >= 4 is 34.1 Å². The molecule has 2 atom stereocenters. The first-order chi connectivity index (χ1) is 14.0. The number of aliphatic carboxylic acids is 1. The smallest absolute Gasteiger partial charge is 0.307 e. The number of fused-ring (bicyclic) bond motifs is 1. The van der Waals surface area contributed by atoms with Crippen LogP contribution in [0.5, 0.6) is 0 Å². The molecule has 2 aliphatic rings. The average molecular weight is 414 g/mol. The Morgan fingerprint density at radius 2 is 1.97 bits per heavy atom. The van der Waals surface area contributed by atoms with E-state index >= 15 is 0 Å². The van der Waals surface area contributed by atoms with Gasteiger partial charge in [0, 0.05) is 4.88 Å². The van der Waals surface area contributed by atoms with Gasteiger partial charge in [0.2, 0.25) is 5.91 Å². The molecule has 2 aliphatic carbocycles. The minimum Gasteiger partial charge on any atom is -0.481 e. The van der Waals surface area contributed by atoms with E-state index < -0.39 is 17.8 Å². The van der Waals surface area contributed by atoms with Crippen molar-refractivity contribution in [2.75, 3.05) is 5.32 Å². The number of carboxylic acid groups (broad SMARTS) is 1. The highest BCUT2D eigenvalue weighted by Crippen LogP contribution is 2.40. The predicted molar refractivity (Wildman–Crippen MR) is 108 cm³/mol. The predicted octanol–water partition coefficient (Wildman–Crippen LogP) is 3.37. The van der Waals surface area contributed by atoms with Gasteiger partial charge in [-0.25, -0.2) is 0 Å². The number of furan rings is 1. The summed E-state index contributed by atoms with van der Waals surface area (Å²) in [5, 5.41) is 15.7. The molecule has 3 N–H and O–H groups in total. The number of rotatable bonds is 6. The zero-order valence-electron chi connectivity index (χ0n) is 15.8. The molecule has 2 amide bonds. The van der Waals surface area contributed by atoms with Crippen LogP contribution in [0.2, 0.25) is 0 Å². The highest BCUT2D eigenvalue weighted by molar-refractivity contribution is 7.17. The second kappa shape index (κ2) is 8.24. The van der Waals surface area contributed by atoms with Gasteiger partial charge in [-0.2, -0.15) is 0 Å². The third-order valence-electron chi connectivity index (χ3n) is 5.47. The largest absolute Gasteiger partial charge is 0.481 e. The second-order valence-electron chi connectivity index (χ2n) is 7.31. The Labute approximate surface area is 171 Å². The van der Waals surface area contributed by atoms with Gasteiger partial charge in [-0.1, -0.05) is 12.2 Å². The number of hydrogen-bond donors (Lipinski definition) is 3. The fraction of sp³-hybridized carbons (Fsp3) is 0.381. The lowest BCUT2D eigenvalue weighted by atomic mass is 9.82. The maximum Gasteiger partial charge on any atom is 0.307 e. The van der Waals surface area contributed by atoms with E-state index in [0.29, 0.717) is 29.2 Å². The summed E-state index contributed by atoms with van der Waals surface area (Å²) in [5.41, 5.74) is 1.49. The zero-order valence-corrected chi connectivity index (χ0v) is 16.6. The van der Waals surface area contributed by atoms with Crippen molar-refractivity contribution in [1.82, 2.24) is 5.32 Å². The van der Waals surface area contributed by atoms with E-state index in [2.05, 4.69) is 10.6 Å². The summed E-state index contributed by atoms with van der Waals surface area (Å²) in [6, 6.07) is 3.54. The Morgan fingerprint density at radius 3 is 2.69 bits per heavy atom. The Balaban J connectivity index is 1.54. The number of carboxylic acids is 1. The van der Waals surface area contributed by atoms with E-state index in [4.69, 9.17) is 4.42 Å². The fourth-order valence-corrected chi connectivity index (χ4v) is 5.27. The van der Waals surface area contributed by atoms with Crippen molar-refractivity contribution in [1.29, 1.82) is 0 Å². The minimum atomic E-state index is -0.973.